The van der Waals surface area contributed by atoms with Crippen molar-refractivity contribution in [2.45, 2.75) is 19.3 Å². The van der Waals surface area contributed by atoms with E-state index in [-0.39, 0.29) is 62.5 Å². The number of amides is 2. The van der Waals surface area contributed by atoms with Crippen LogP contribution < -0.4 is 20.2 Å². The molecule has 0 saturated carbocycles. The fourth-order valence-electron chi connectivity index (χ4n) is 2.80. The van der Waals surface area contributed by atoms with E-state index in [2.05, 4.69) is 30.3 Å². The van der Waals surface area contributed by atoms with Crippen LogP contribution in [0.25, 0.3) is 21.6 Å². The molecule has 2 aromatic heterocycles. The van der Waals surface area contributed by atoms with Crippen LogP contribution in [-0.2, 0) is 27.5 Å². The van der Waals surface area contributed by atoms with Crippen molar-refractivity contribution in [2.24, 2.45) is 5.11 Å². The molecule has 196 valence electrons. The number of alkyl halides is 3. The lowest BCUT2D eigenvalue weighted by atomic mass is 10.1. The monoisotopic (exact) mass is 523 g/mol. The summed E-state index contributed by atoms with van der Waals surface area (Å²) in [7, 11) is 0. The Kier molecular flexibility index (Phi) is 9.40. The molecule has 0 fully saturated rings. The van der Waals surface area contributed by atoms with Crippen molar-refractivity contribution >= 4 is 29.4 Å². The summed E-state index contributed by atoms with van der Waals surface area (Å²) in [6.07, 6.45) is -3.23. The minimum Gasteiger partial charge on any atom is -0.471 e. The van der Waals surface area contributed by atoms with Crippen LogP contribution in [0.15, 0.2) is 35.7 Å². The molecule has 2 amide bonds. The van der Waals surface area contributed by atoms with E-state index in [9.17, 15) is 22.8 Å². The normalized spacial score (nSPS) is 11.0. The van der Waals surface area contributed by atoms with Crippen molar-refractivity contribution in [1.82, 2.24) is 25.0 Å². The fourth-order valence-corrected chi connectivity index (χ4v) is 2.80. The van der Waals surface area contributed by atoms with Gasteiger partial charge in [0.05, 0.1) is 13.2 Å². The standard InChI is InChI=1S/C20H20F3N9O5/c21-20(22,23)18(34)25-9-13-1-3-14(4-2-13)10-36-17-15-16(29-19(30-17)27-12-33)32(11-26-15)37-8-7-35-6-5-28-31-24/h1-4,11-12H,5-10H2,(H,25,34)(H,27,29,30,33). The van der Waals surface area contributed by atoms with Crippen molar-refractivity contribution in [3.63, 3.8) is 0 Å². The summed E-state index contributed by atoms with van der Waals surface area (Å²) in [6, 6.07) is 6.31. The number of nitrogens with zero attached hydrogens (tertiary/aromatic N) is 7. The van der Waals surface area contributed by atoms with Gasteiger partial charge >= 0.3 is 12.1 Å². The molecule has 3 rings (SSSR count). The average molecular weight is 523 g/mol. The van der Waals surface area contributed by atoms with Gasteiger partial charge in [0.1, 0.15) is 19.5 Å². The first-order valence-electron chi connectivity index (χ1n) is 10.5. The molecule has 37 heavy (non-hydrogen) atoms. The van der Waals surface area contributed by atoms with E-state index in [0.717, 1.165) is 0 Å². The molecule has 0 atom stereocenters. The van der Waals surface area contributed by atoms with E-state index >= 15 is 0 Å². The summed E-state index contributed by atoms with van der Waals surface area (Å²) in [6.45, 7) is 0.460. The van der Waals surface area contributed by atoms with Gasteiger partial charge in [-0.15, -0.1) is 0 Å². The van der Waals surface area contributed by atoms with E-state index in [1.165, 1.54) is 11.1 Å². The first kappa shape index (κ1) is 27.0. The third kappa shape index (κ3) is 7.94. The maximum Gasteiger partial charge on any atom is 0.471 e. The zero-order valence-corrected chi connectivity index (χ0v) is 19.0. The van der Waals surface area contributed by atoms with Gasteiger partial charge in [-0.1, -0.05) is 29.4 Å². The summed E-state index contributed by atoms with van der Waals surface area (Å²) in [5.74, 6) is -2.04. The molecule has 3 aromatic rings. The number of fused-ring (bicyclic) bond motifs is 1. The lowest BCUT2D eigenvalue weighted by Crippen LogP contribution is -2.36. The van der Waals surface area contributed by atoms with E-state index in [4.69, 9.17) is 19.8 Å². The van der Waals surface area contributed by atoms with Crippen LogP contribution in [0.5, 0.6) is 5.88 Å². The highest BCUT2D eigenvalue weighted by Gasteiger charge is 2.38. The molecule has 2 heterocycles. The highest BCUT2D eigenvalue weighted by molar-refractivity contribution is 5.81. The number of benzene rings is 1. The van der Waals surface area contributed by atoms with E-state index in [1.807, 2.05) is 0 Å². The molecule has 0 bridgehead atoms. The number of halogens is 3. The van der Waals surface area contributed by atoms with E-state index < -0.39 is 12.1 Å². The smallest absolute Gasteiger partial charge is 0.471 e. The minimum atomic E-state index is -4.95. The van der Waals surface area contributed by atoms with Gasteiger partial charge in [0.2, 0.25) is 23.9 Å². The average Bonchev–Trinajstić information content (AvgIpc) is 3.28. The first-order chi connectivity index (χ1) is 17.8. The number of carbonyl (C=O) groups excluding carboxylic acids is 2. The molecule has 0 aliphatic heterocycles. The van der Waals surface area contributed by atoms with Gasteiger partial charge in [-0.3, -0.25) is 14.9 Å². The number of azide groups is 1. The predicted octanol–water partition coefficient (Wildman–Crippen LogP) is 1.91. The largest absolute Gasteiger partial charge is 0.471 e. The molecule has 17 heteroatoms. The molecule has 1 aromatic carbocycles. The molecule has 0 aliphatic carbocycles. The maximum absolute atomic E-state index is 12.3. The van der Waals surface area contributed by atoms with Gasteiger partial charge in [-0.05, 0) is 16.7 Å². The van der Waals surface area contributed by atoms with Crippen molar-refractivity contribution in [1.29, 1.82) is 0 Å². The second-order valence-corrected chi connectivity index (χ2v) is 7.04. The third-order valence-corrected chi connectivity index (χ3v) is 4.49. The third-order valence-electron chi connectivity index (χ3n) is 4.49. The summed E-state index contributed by atoms with van der Waals surface area (Å²) in [5, 5.41) is 7.47. The number of rotatable bonds is 14. The lowest BCUT2D eigenvalue weighted by molar-refractivity contribution is -0.173. The Labute approximate surface area is 206 Å². The Bertz CT molecular complexity index is 1260. The van der Waals surface area contributed by atoms with E-state index in [1.54, 1.807) is 29.6 Å². The highest BCUT2D eigenvalue weighted by atomic mass is 19.4. The summed E-state index contributed by atoms with van der Waals surface area (Å²) in [5.41, 5.74) is 9.78. The summed E-state index contributed by atoms with van der Waals surface area (Å²) >= 11 is 0. The first-order valence-corrected chi connectivity index (χ1v) is 10.5. The van der Waals surface area contributed by atoms with Crippen LogP contribution in [0.2, 0.25) is 0 Å². The van der Waals surface area contributed by atoms with Gasteiger partial charge in [0.15, 0.2) is 5.52 Å². The Hall–Kier alpha value is -4.63. The Morgan fingerprint density at radius 3 is 2.62 bits per heavy atom. The van der Waals surface area contributed by atoms with Gasteiger partial charge in [0, 0.05) is 18.0 Å². The van der Waals surface area contributed by atoms with Crippen LogP contribution in [0.1, 0.15) is 11.1 Å². The van der Waals surface area contributed by atoms with E-state index in [0.29, 0.717) is 17.5 Å². The molecule has 2 N–H and O–H groups in total. The van der Waals surface area contributed by atoms with Gasteiger partial charge in [0.25, 0.3) is 0 Å². The molecule has 0 unspecified atom stereocenters. The Morgan fingerprint density at radius 1 is 1.16 bits per heavy atom. The molecule has 14 nitrogen and oxygen atoms in total. The molecular formula is C20H20F3N9O5. The van der Waals surface area contributed by atoms with Crippen LogP contribution >= 0.6 is 0 Å². The number of aromatic nitrogens is 4. The van der Waals surface area contributed by atoms with Crippen molar-refractivity contribution in [3.05, 3.63) is 52.2 Å². The molecule has 0 saturated heterocycles. The lowest BCUT2D eigenvalue weighted by Gasteiger charge is -2.10. The maximum atomic E-state index is 12.3. The highest BCUT2D eigenvalue weighted by Crippen LogP contribution is 2.23. The minimum absolute atomic E-state index is 0.00850. The number of nitrogens with one attached hydrogen (secondary N) is 2. The number of hydrogen-bond acceptors (Lipinski definition) is 9. The van der Waals surface area contributed by atoms with Crippen molar-refractivity contribution in [3.8, 4) is 5.88 Å². The number of ether oxygens (including phenoxy) is 2. The molecule has 0 aliphatic rings. The fraction of sp³-hybridized carbons (Fsp3) is 0.350. The Morgan fingerprint density at radius 2 is 1.92 bits per heavy atom. The summed E-state index contributed by atoms with van der Waals surface area (Å²) < 4.78 is 49.2. The SMILES string of the molecule is [N-]=[N+]=NCCOCCOn1cnc2c(OCc3ccc(CNC(=O)C(F)(F)F)cc3)nc(NC=O)nc21. The Balaban J connectivity index is 1.63. The zero-order chi connectivity index (χ0) is 26.7. The van der Waals surface area contributed by atoms with Crippen molar-refractivity contribution in [2.75, 3.05) is 31.7 Å². The second-order valence-electron chi connectivity index (χ2n) is 7.04. The molecule has 0 spiro atoms. The van der Waals surface area contributed by atoms with Gasteiger partial charge in [-0.2, -0.15) is 27.9 Å². The van der Waals surface area contributed by atoms with Crippen LogP contribution in [0.3, 0.4) is 0 Å². The van der Waals surface area contributed by atoms with Crippen LogP contribution in [0, 0.1) is 0 Å². The molecular weight excluding hydrogens is 503 g/mol. The predicted molar refractivity (Wildman–Crippen MR) is 120 cm³/mol. The second kappa shape index (κ2) is 12.9. The quantitative estimate of drug-likeness (QED) is 0.106. The van der Waals surface area contributed by atoms with Crippen LogP contribution in [-0.4, -0.2) is 64.5 Å². The molecule has 0 radical (unpaired) electrons. The topological polar surface area (TPSA) is 178 Å². The number of carbonyl (C=O) groups is 2. The number of anilines is 1. The zero-order valence-electron chi connectivity index (χ0n) is 19.0. The van der Waals surface area contributed by atoms with Crippen molar-refractivity contribution < 1.29 is 37.1 Å². The summed E-state index contributed by atoms with van der Waals surface area (Å²) in [4.78, 5) is 42.5. The number of hydrogen-bond donors (Lipinski definition) is 2. The number of imidazole rings is 1. The van der Waals surface area contributed by atoms with Gasteiger partial charge in [-0.25, -0.2) is 4.98 Å². The van der Waals surface area contributed by atoms with Crippen LogP contribution in [0.4, 0.5) is 19.1 Å². The van der Waals surface area contributed by atoms with Gasteiger partial charge < -0.3 is 19.6 Å².